The van der Waals surface area contributed by atoms with Gasteiger partial charge >= 0.3 is 0 Å². The minimum absolute atomic E-state index is 0.0654. The lowest BCUT2D eigenvalue weighted by molar-refractivity contribution is 0.224. The van der Waals surface area contributed by atoms with Crippen molar-refractivity contribution in [2.24, 2.45) is 11.7 Å². The van der Waals surface area contributed by atoms with Gasteiger partial charge in [0.1, 0.15) is 0 Å². The van der Waals surface area contributed by atoms with Crippen LogP contribution in [-0.2, 0) is 0 Å². The summed E-state index contributed by atoms with van der Waals surface area (Å²) in [5, 5.41) is 8.71. The average Bonchev–Trinajstić information content (AvgIpc) is 2.45. The zero-order valence-corrected chi connectivity index (χ0v) is 13.6. The Hall–Kier alpha value is -0.0800. The summed E-state index contributed by atoms with van der Waals surface area (Å²) in [7, 11) is 0. The highest BCUT2D eigenvalue weighted by atomic mass is 16.2. The van der Waals surface area contributed by atoms with Gasteiger partial charge in [0, 0.05) is 12.1 Å². The monoisotopic (exact) mass is 271 g/mol. The second-order valence-electron chi connectivity index (χ2n) is 6.03. The van der Waals surface area contributed by atoms with E-state index in [1.165, 1.54) is 51.4 Å². The van der Waals surface area contributed by atoms with E-state index >= 15 is 0 Å². The Morgan fingerprint density at radius 3 is 1.74 bits per heavy atom. The van der Waals surface area contributed by atoms with E-state index in [-0.39, 0.29) is 5.54 Å². The van der Waals surface area contributed by atoms with Gasteiger partial charge in [-0.15, -0.1) is 0 Å². The molecule has 0 saturated carbocycles. The quantitative estimate of drug-likeness (QED) is 0.479. The van der Waals surface area contributed by atoms with Crippen LogP contribution in [0.4, 0.5) is 0 Å². The predicted molar refractivity (Wildman–Crippen MR) is 85.3 cm³/mol. The summed E-state index contributed by atoms with van der Waals surface area (Å²) in [5.74, 6) is 0.692. The van der Waals surface area contributed by atoms with E-state index in [1.807, 2.05) is 0 Å². The van der Waals surface area contributed by atoms with Crippen molar-refractivity contribution in [2.45, 2.75) is 96.9 Å². The van der Waals surface area contributed by atoms with Crippen LogP contribution in [0.25, 0.3) is 0 Å². The van der Waals surface area contributed by atoms with Crippen molar-refractivity contribution >= 4 is 0 Å². The summed E-state index contributed by atoms with van der Waals surface area (Å²) < 4.78 is 0. The lowest BCUT2D eigenvalue weighted by Crippen LogP contribution is -2.45. The van der Waals surface area contributed by atoms with Crippen LogP contribution in [0.5, 0.6) is 0 Å². The van der Waals surface area contributed by atoms with Crippen LogP contribution in [-0.4, -0.2) is 17.3 Å². The van der Waals surface area contributed by atoms with Gasteiger partial charge in [0.05, 0.1) is 0 Å². The van der Waals surface area contributed by atoms with Gasteiger partial charge in [0.25, 0.3) is 0 Å². The van der Waals surface area contributed by atoms with Crippen molar-refractivity contribution < 1.29 is 5.11 Å². The fraction of sp³-hybridized carbons (Fsp3) is 1.00. The summed E-state index contributed by atoms with van der Waals surface area (Å²) in [6, 6.07) is 0. The minimum atomic E-state index is 0.0654. The van der Waals surface area contributed by atoms with Gasteiger partial charge in [-0.05, 0) is 31.6 Å². The van der Waals surface area contributed by atoms with Crippen molar-refractivity contribution in [3.63, 3.8) is 0 Å². The van der Waals surface area contributed by atoms with Crippen molar-refractivity contribution in [1.82, 2.24) is 0 Å². The van der Waals surface area contributed by atoms with Gasteiger partial charge in [-0.2, -0.15) is 0 Å². The molecular formula is C17H37NO. The van der Waals surface area contributed by atoms with Gasteiger partial charge in [0.15, 0.2) is 0 Å². The fourth-order valence-electron chi connectivity index (χ4n) is 3.11. The van der Waals surface area contributed by atoms with Crippen molar-refractivity contribution in [3.8, 4) is 0 Å². The van der Waals surface area contributed by atoms with E-state index in [0.717, 1.165) is 19.3 Å². The third kappa shape index (κ3) is 7.94. The van der Waals surface area contributed by atoms with Gasteiger partial charge in [-0.3, -0.25) is 0 Å². The Morgan fingerprint density at radius 2 is 1.32 bits per heavy atom. The molecule has 2 heteroatoms. The molecule has 0 aliphatic heterocycles. The fourth-order valence-corrected chi connectivity index (χ4v) is 3.11. The van der Waals surface area contributed by atoms with Crippen LogP contribution in [0, 0.1) is 5.92 Å². The molecular weight excluding hydrogens is 234 g/mol. The highest BCUT2D eigenvalue weighted by molar-refractivity contribution is 4.88. The number of rotatable bonds is 13. The summed E-state index contributed by atoms with van der Waals surface area (Å²) in [6.45, 7) is 7.10. The SMILES string of the molecule is CCC(CCCCCCCCCO)C(N)(CC)CC. The number of aliphatic hydroxyl groups is 1. The Labute approximate surface area is 121 Å². The molecule has 0 saturated heterocycles. The average molecular weight is 271 g/mol. The molecule has 1 atom stereocenters. The predicted octanol–water partition coefficient (Wildman–Crippen LogP) is 4.64. The van der Waals surface area contributed by atoms with Crippen molar-refractivity contribution in [2.75, 3.05) is 6.61 Å². The van der Waals surface area contributed by atoms with Gasteiger partial charge in [-0.25, -0.2) is 0 Å². The third-order valence-electron chi connectivity index (χ3n) is 4.83. The number of hydrogen-bond acceptors (Lipinski definition) is 2. The maximum atomic E-state index is 8.71. The molecule has 0 fully saturated rings. The van der Waals surface area contributed by atoms with Crippen LogP contribution in [0.1, 0.15) is 91.4 Å². The number of hydrogen-bond donors (Lipinski definition) is 2. The smallest absolute Gasteiger partial charge is 0.0431 e. The third-order valence-corrected chi connectivity index (χ3v) is 4.83. The Morgan fingerprint density at radius 1 is 0.842 bits per heavy atom. The number of aliphatic hydroxyl groups excluding tert-OH is 1. The van der Waals surface area contributed by atoms with Crippen LogP contribution < -0.4 is 5.73 Å². The van der Waals surface area contributed by atoms with E-state index < -0.39 is 0 Å². The van der Waals surface area contributed by atoms with E-state index in [0.29, 0.717) is 12.5 Å². The molecule has 0 aromatic rings. The minimum Gasteiger partial charge on any atom is -0.396 e. The number of nitrogens with two attached hydrogens (primary N) is 1. The van der Waals surface area contributed by atoms with Crippen LogP contribution in [0.3, 0.4) is 0 Å². The second kappa shape index (κ2) is 11.7. The first-order valence-corrected chi connectivity index (χ1v) is 8.54. The molecule has 1 unspecified atom stereocenters. The first kappa shape index (κ1) is 18.9. The maximum absolute atomic E-state index is 8.71. The Kier molecular flexibility index (Phi) is 11.7. The lowest BCUT2D eigenvalue weighted by Gasteiger charge is -2.36. The Bertz CT molecular complexity index is 190. The van der Waals surface area contributed by atoms with Crippen molar-refractivity contribution in [1.29, 1.82) is 0 Å². The standard InChI is InChI=1S/C17H37NO/c1-4-16(17(18,5-2)6-3)14-12-10-8-7-9-11-13-15-19/h16,19H,4-15,18H2,1-3H3. The van der Waals surface area contributed by atoms with E-state index in [9.17, 15) is 0 Å². The van der Waals surface area contributed by atoms with Gasteiger partial charge < -0.3 is 10.8 Å². The first-order chi connectivity index (χ1) is 9.14. The van der Waals surface area contributed by atoms with Gasteiger partial charge in [0.2, 0.25) is 0 Å². The topological polar surface area (TPSA) is 46.2 Å². The zero-order valence-electron chi connectivity index (χ0n) is 13.6. The summed E-state index contributed by atoms with van der Waals surface area (Å²) in [6.07, 6.45) is 13.5. The molecule has 0 aliphatic carbocycles. The van der Waals surface area contributed by atoms with Crippen LogP contribution in [0.15, 0.2) is 0 Å². The van der Waals surface area contributed by atoms with E-state index in [4.69, 9.17) is 10.8 Å². The lowest BCUT2D eigenvalue weighted by atomic mass is 9.76. The maximum Gasteiger partial charge on any atom is 0.0431 e. The largest absolute Gasteiger partial charge is 0.396 e. The second-order valence-corrected chi connectivity index (χ2v) is 6.03. The number of unbranched alkanes of at least 4 members (excludes halogenated alkanes) is 6. The van der Waals surface area contributed by atoms with Crippen LogP contribution >= 0.6 is 0 Å². The van der Waals surface area contributed by atoms with Crippen molar-refractivity contribution in [3.05, 3.63) is 0 Å². The molecule has 0 amide bonds. The van der Waals surface area contributed by atoms with E-state index in [2.05, 4.69) is 20.8 Å². The first-order valence-electron chi connectivity index (χ1n) is 8.54. The van der Waals surface area contributed by atoms with Gasteiger partial charge in [-0.1, -0.05) is 65.7 Å². The highest BCUT2D eigenvalue weighted by Gasteiger charge is 2.29. The summed E-state index contributed by atoms with van der Waals surface area (Å²) in [4.78, 5) is 0. The molecule has 116 valence electrons. The zero-order chi connectivity index (χ0) is 14.6. The molecule has 0 aromatic heterocycles. The normalized spacial score (nSPS) is 13.7. The molecule has 0 aliphatic rings. The van der Waals surface area contributed by atoms with Crippen LogP contribution in [0.2, 0.25) is 0 Å². The van der Waals surface area contributed by atoms with E-state index in [1.54, 1.807) is 0 Å². The molecule has 0 rings (SSSR count). The molecule has 0 aromatic carbocycles. The molecule has 3 N–H and O–H groups in total. The molecule has 0 spiro atoms. The molecule has 2 nitrogen and oxygen atoms in total. The molecule has 0 heterocycles. The Balaban J connectivity index is 3.67. The molecule has 19 heavy (non-hydrogen) atoms. The molecule has 0 radical (unpaired) electrons. The molecule has 0 bridgehead atoms. The summed E-state index contributed by atoms with van der Waals surface area (Å²) in [5.41, 5.74) is 6.59. The highest BCUT2D eigenvalue weighted by Crippen LogP contribution is 2.30. The summed E-state index contributed by atoms with van der Waals surface area (Å²) >= 11 is 0.